The van der Waals surface area contributed by atoms with Crippen molar-refractivity contribution < 1.29 is 9.53 Å². The lowest BCUT2D eigenvalue weighted by Crippen LogP contribution is -2.24. The molecule has 0 bridgehead atoms. The molecular formula is C28H28N2O2. The standard InChI is InChI=1S/C28H28N2O2/c1-3-30(26-15-9-13-22-10-7-8-14-25(22)26)20-21-16-17-27(32-2)24(18-21)19-29-28(31)23-11-5-4-6-12-23/h4-18H,3,19-20H2,1-2H3,(H,29,31). The van der Waals surface area contributed by atoms with Gasteiger partial charge in [-0.05, 0) is 48.2 Å². The summed E-state index contributed by atoms with van der Waals surface area (Å²) < 4.78 is 5.55. The number of methoxy groups -OCH3 is 1. The SMILES string of the molecule is CCN(Cc1ccc(OC)c(CNC(=O)c2ccccc2)c1)c1cccc2ccccc12. The Morgan fingerprint density at radius 3 is 2.44 bits per heavy atom. The van der Waals surface area contributed by atoms with E-state index in [0.29, 0.717) is 12.1 Å². The van der Waals surface area contributed by atoms with Crippen LogP contribution in [0.1, 0.15) is 28.4 Å². The van der Waals surface area contributed by atoms with Crippen molar-refractivity contribution in [1.29, 1.82) is 0 Å². The van der Waals surface area contributed by atoms with E-state index >= 15 is 0 Å². The first kappa shape index (κ1) is 21.4. The number of carbonyl (C=O) groups excluding carboxylic acids is 1. The van der Waals surface area contributed by atoms with E-state index in [1.54, 1.807) is 7.11 Å². The predicted molar refractivity (Wildman–Crippen MR) is 131 cm³/mol. The molecule has 0 atom stereocenters. The molecule has 1 amide bonds. The number of rotatable bonds is 8. The maximum Gasteiger partial charge on any atom is 0.251 e. The van der Waals surface area contributed by atoms with Gasteiger partial charge in [0.1, 0.15) is 5.75 Å². The smallest absolute Gasteiger partial charge is 0.251 e. The average molecular weight is 425 g/mol. The van der Waals surface area contributed by atoms with E-state index in [2.05, 4.69) is 71.7 Å². The number of benzene rings is 4. The summed E-state index contributed by atoms with van der Waals surface area (Å²) >= 11 is 0. The molecule has 4 nitrogen and oxygen atoms in total. The number of nitrogens with zero attached hydrogens (tertiary/aromatic N) is 1. The predicted octanol–water partition coefficient (Wildman–Crippen LogP) is 5.80. The highest BCUT2D eigenvalue weighted by Crippen LogP contribution is 2.29. The molecule has 0 aromatic heterocycles. The molecule has 0 heterocycles. The Kier molecular flexibility index (Phi) is 6.71. The van der Waals surface area contributed by atoms with Gasteiger partial charge < -0.3 is 15.0 Å². The summed E-state index contributed by atoms with van der Waals surface area (Å²) in [6.07, 6.45) is 0. The second-order valence-electron chi connectivity index (χ2n) is 7.71. The van der Waals surface area contributed by atoms with Crippen LogP contribution in [0.25, 0.3) is 10.8 Å². The van der Waals surface area contributed by atoms with Gasteiger partial charge in [0, 0.05) is 41.8 Å². The summed E-state index contributed by atoms with van der Waals surface area (Å²) in [6.45, 7) is 4.24. The van der Waals surface area contributed by atoms with E-state index < -0.39 is 0 Å². The van der Waals surface area contributed by atoms with Crippen LogP contribution in [0.5, 0.6) is 5.75 Å². The van der Waals surface area contributed by atoms with Crippen molar-refractivity contribution in [2.45, 2.75) is 20.0 Å². The Morgan fingerprint density at radius 1 is 0.906 bits per heavy atom. The van der Waals surface area contributed by atoms with Gasteiger partial charge >= 0.3 is 0 Å². The third-order valence-corrected chi connectivity index (χ3v) is 5.68. The zero-order valence-electron chi connectivity index (χ0n) is 18.5. The molecular weight excluding hydrogens is 396 g/mol. The largest absolute Gasteiger partial charge is 0.496 e. The number of amides is 1. The maximum atomic E-state index is 12.5. The average Bonchev–Trinajstić information content (AvgIpc) is 2.86. The summed E-state index contributed by atoms with van der Waals surface area (Å²) in [4.78, 5) is 14.8. The lowest BCUT2D eigenvalue weighted by atomic mass is 10.1. The molecule has 0 saturated heterocycles. The number of hydrogen-bond acceptors (Lipinski definition) is 3. The summed E-state index contributed by atoms with van der Waals surface area (Å²) in [5.41, 5.74) is 4.00. The maximum absolute atomic E-state index is 12.5. The minimum atomic E-state index is -0.0935. The van der Waals surface area contributed by atoms with E-state index in [4.69, 9.17) is 4.74 Å². The van der Waals surface area contributed by atoms with Gasteiger partial charge in [-0.3, -0.25) is 4.79 Å². The van der Waals surface area contributed by atoms with Gasteiger partial charge in [-0.2, -0.15) is 0 Å². The minimum Gasteiger partial charge on any atom is -0.496 e. The van der Waals surface area contributed by atoms with E-state index in [0.717, 1.165) is 24.4 Å². The van der Waals surface area contributed by atoms with Crippen LogP contribution in [0.3, 0.4) is 0 Å². The molecule has 4 aromatic rings. The van der Waals surface area contributed by atoms with E-state index in [1.807, 2.05) is 36.4 Å². The molecule has 0 radical (unpaired) electrons. The zero-order chi connectivity index (χ0) is 22.3. The summed E-state index contributed by atoms with van der Waals surface area (Å²) in [5.74, 6) is 0.680. The molecule has 0 aliphatic carbocycles. The zero-order valence-corrected chi connectivity index (χ0v) is 18.5. The number of carbonyl (C=O) groups is 1. The molecule has 32 heavy (non-hydrogen) atoms. The highest BCUT2D eigenvalue weighted by Gasteiger charge is 2.12. The molecule has 0 spiro atoms. The lowest BCUT2D eigenvalue weighted by Gasteiger charge is -2.25. The fourth-order valence-electron chi connectivity index (χ4n) is 4.01. The number of hydrogen-bond donors (Lipinski definition) is 1. The molecule has 1 N–H and O–H groups in total. The van der Waals surface area contributed by atoms with Crippen LogP contribution in [0.2, 0.25) is 0 Å². The van der Waals surface area contributed by atoms with Gasteiger partial charge in [-0.25, -0.2) is 0 Å². The molecule has 0 aliphatic heterocycles. The molecule has 4 rings (SSSR count). The van der Waals surface area contributed by atoms with Crippen LogP contribution in [0.15, 0.2) is 91.0 Å². The van der Waals surface area contributed by atoms with Crippen molar-refractivity contribution >= 4 is 22.4 Å². The van der Waals surface area contributed by atoms with Crippen molar-refractivity contribution in [2.24, 2.45) is 0 Å². The first-order valence-corrected chi connectivity index (χ1v) is 10.9. The highest BCUT2D eigenvalue weighted by atomic mass is 16.5. The van der Waals surface area contributed by atoms with E-state index in [1.165, 1.54) is 22.0 Å². The monoisotopic (exact) mass is 424 g/mol. The van der Waals surface area contributed by atoms with Crippen LogP contribution in [0.4, 0.5) is 5.69 Å². The van der Waals surface area contributed by atoms with Crippen molar-refractivity contribution in [3.63, 3.8) is 0 Å². The third-order valence-electron chi connectivity index (χ3n) is 5.68. The van der Waals surface area contributed by atoms with Crippen LogP contribution >= 0.6 is 0 Å². The Balaban J connectivity index is 1.55. The fourth-order valence-corrected chi connectivity index (χ4v) is 4.01. The Labute approximate surface area is 189 Å². The summed E-state index contributed by atoms with van der Waals surface area (Å²) in [6, 6.07) is 30.4. The quantitative estimate of drug-likeness (QED) is 0.388. The van der Waals surface area contributed by atoms with Gasteiger partial charge in [-0.15, -0.1) is 0 Å². The molecule has 162 valence electrons. The van der Waals surface area contributed by atoms with Crippen LogP contribution in [-0.2, 0) is 13.1 Å². The molecule has 0 unspecified atom stereocenters. The van der Waals surface area contributed by atoms with Crippen molar-refractivity contribution in [2.75, 3.05) is 18.6 Å². The molecule has 0 fully saturated rings. The van der Waals surface area contributed by atoms with E-state index in [9.17, 15) is 4.79 Å². The second kappa shape index (κ2) is 10.0. The van der Waals surface area contributed by atoms with Crippen molar-refractivity contribution in [3.8, 4) is 5.75 Å². The summed E-state index contributed by atoms with van der Waals surface area (Å²) in [7, 11) is 1.66. The third kappa shape index (κ3) is 4.75. The van der Waals surface area contributed by atoms with Crippen LogP contribution in [0, 0.1) is 0 Å². The molecule has 4 aromatic carbocycles. The van der Waals surface area contributed by atoms with Gasteiger partial charge in [0.2, 0.25) is 0 Å². The first-order chi connectivity index (χ1) is 15.7. The Morgan fingerprint density at radius 2 is 1.66 bits per heavy atom. The number of anilines is 1. The Bertz CT molecular complexity index is 1200. The van der Waals surface area contributed by atoms with Crippen molar-refractivity contribution in [1.82, 2.24) is 5.32 Å². The second-order valence-corrected chi connectivity index (χ2v) is 7.71. The Hall–Kier alpha value is -3.79. The van der Waals surface area contributed by atoms with Crippen LogP contribution < -0.4 is 15.0 Å². The van der Waals surface area contributed by atoms with E-state index in [-0.39, 0.29) is 5.91 Å². The highest BCUT2D eigenvalue weighted by molar-refractivity contribution is 5.94. The van der Waals surface area contributed by atoms with Crippen molar-refractivity contribution in [3.05, 3.63) is 108 Å². The molecule has 4 heteroatoms. The molecule has 0 aliphatic rings. The molecule has 0 saturated carbocycles. The normalized spacial score (nSPS) is 10.7. The minimum absolute atomic E-state index is 0.0935. The number of ether oxygens (including phenoxy) is 1. The number of fused-ring (bicyclic) bond motifs is 1. The van der Waals surface area contributed by atoms with Gasteiger partial charge in [0.15, 0.2) is 0 Å². The number of nitrogens with one attached hydrogen (secondary N) is 1. The van der Waals surface area contributed by atoms with Crippen LogP contribution in [-0.4, -0.2) is 19.6 Å². The van der Waals surface area contributed by atoms with Gasteiger partial charge in [0.05, 0.1) is 7.11 Å². The summed E-state index contributed by atoms with van der Waals surface area (Å²) in [5, 5.41) is 5.50. The van der Waals surface area contributed by atoms with Gasteiger partial charge in [-0.1, -0.05) is 60.7 Å². The van der Waals surface area contributed by atoms with Gasteiger partial charge in [0.25, 0.3) is 5.91 Å². The lowest BCUT2D eigenvalue weighted by molar-refractivity contribution is 0.0950. The topological polar surface area (TPSA) is 41.6 Å². The first-order valence-electron chi connectivity index (χ1n) is 10.9. The fraction of sp³-hybridized carbons (Fsp3) is 0.179.